The van der Waals surface area contributed by atoms with Crippen molar-refractivity contribution in [2.45, 2.75) is 12.5 Å². The molecule has 1 amide bonds. The molecule has 1 saturated heterocycles. The molecule has 0 N–H and O–H groups in total. The Morgan fingerprint density at radius 1 is 1.35 bits per heavy atom. The maximum Gasteiger partial charge on any atom is 0.415 e. The maximum absolute atomic E-state index is 11.9. The molecule has 1 atom stereocenters. The quantitative estimate of drug-likeness (QED) is 0.782. The first kappa shape index (κ1) is 11.9. The van der Waals surface area contributed by atoms with Gasteiger partial charge in [-0.25, -0.2) is 4.79 Å². The molecular formula is C13H18N2O2. The van der Waals surface area contributed by atoms with Crippen molar-refractivity contribution in [3.8, 4) is 5.75 Å². The molecule has 1 fully saturated rings. The summed E-state index contributed by atoms with van der Waals surface area (Å²) >= 11 is 0. The summed E-state index contributed by atoms with van der Waals surface area (Å²) in [6.07, 6.45) is 0.761. The van der Waals surface area contributed by atoms with Crippen molar-refractivity contribution in [1.82, 2.24) is 9.80 Å². The summed E-state index contributed by atoms with van der Waals surface area (Å²) in [4.78, 5) is 15.8. The SMILES string of the molecule is CN(C)C1CCN(C(=O)Oc2ccccc2)C1. The zero-order valence-corrected chi connectivity index (χ0v) is 10.3. The molecule has 0 bridgehead atoms. The van der Waals surface area contributed by atoms with Crippen LogP contribution in [0.15, 0.2) is 30.3 Å². The van der Waals surface area contributed by atoms with Crippen molar-refractivity contribution >= 4 is 6.09 Å². The van der Waals surface area contributed by atoms with E-state index in [9.17, 15) is 4.79 Å². The Balaban J connectivity index is 1.90. The molecular weight excluding hydrogens is 216 g/mol. The van der Waals surface area contributed by atoms with Gasteiger partial charge in [0.25, 0.3) is 0 Å². The number of likely N-dealkylation sites (N-methyl/N-ethyl adjacent to an activating group) is 1. The highest BCUT2D eigenvalue weighted by Crippen LogP contribution is 2.16. The Bertz CT molecular complexity index is 378. The first-order valence-corrected chi connectivity index (χ1v) is 5.85. The third-order valence-electron chi connectivity index (χ3n) is 3.10. The lowest BCUT2D eigenvalue weighted by Crippen LogP contribution is -2.35. The van der Waals surface area contributed by atoms with Crippen LogP contribution < -0.4 is 4.74 Å². The van der Waals surface area contributed by atoms with Crippen LogP contribution >= 0.6 is 0 Å². The number of carbonyl (C=O) groups is 1. The first-order chi connectivity index (χ1) is 8.16. The van der Waals surface area contributed by atoms with E-state index in [0.717, 1.165) is 19.5 Å². The highest BCUT2D eigenvalue weighted by Gasteiger charge is 2.28. The Morgan fingerprint density at radius 2 is 2.06 bits per heavy atom. The highest BCUT2D eigenvalue weighted by molar-refractivity contribution is 5.71. The summed E-state index contributed by atoms with van der Waals surface area (Å²) in [5, 5.41) is 0. The second-order valence-electron chi connectivity index (χ2n) is 4.53. The number of hydrogen-bond acceptors (Lipinski definition) is 3. The van der Waals surface area contributed by atoms with Gasteiger partial charge < -0.3 is 14.5 Å². The van der Waals surface area contributed by atoms with Crippen molar-refractivity contribution in [1.29, 1.82) is 0 Å². The second kappa shape index (κ2) is 5.19. The normalized spacial score (nSPS) is 19.7. The molecule has 4 nitrogen and oxygen atoms in total. The third kappa shape index (κ3) is 2.97. The van der Waals surface area contributed by atoms with E-state index in [-0.39, 0.29) is 6.09 Å². The molecule has 1 unspecified atom stereocenters. The molecule has 0 aliphatic carbocycles. The maximum atomic E-state index is 11.9. The standard InChI is InChI=1S/C13H18N2O2/c1-14(2)11-8-9-15(10-11)13(16)17-12-6-4-3-5-7-12/h3-7,11H,8-10H2,1-2H3. The molecule has 1 aromatic rings. The molecule has 92 valence electrons. The molecule has 4 heteroatoms. The minimum Gasteiger partial charge on any atom is -0.410 e. The summed E-state index contributed by atoms with van der Waals surface area (Å²) < 4.78 is 5.29. The smallest absolute Gasteiger partial charge is 0.410 e. The van der Waals surface area contributed by atoms with E-state index in [1.807, 2.05) is 32.3 Å². The van der Waals surface area contributed by atoms with E-state index < -0.39 is 0 Å². The zero-order chi connectivity index (χ0) is 12.3. The van der Waals surface area contributed by atoms with Crippen molar-refractivity contribution < 1.29 is 9.53 Å². The molecule has 0 saturated carbocycles. The van der Waals surface area contributed by atoms with Crippen LogP contribution in [0.25, 0.3) is 0 Å². The van der Waals surface area contributed by atoms with Crippen LogP contribution in [0.4, 0.5) is 4.79 Å². The average Bonchev–Trinajstić information content (AvgIpc) is 2.79. The van der Waals surface area contributed by atoms with Crippen LogP contribution in [0.3, 0.4) is 0 Å². The lowest BCUT2D eigenvalue weighted by Gasteiger charge is -2.19. The predicted molar refractivity (Wildman–Crippen MR) is 66.1 cm³/mol. The van der Waals surface area contributed by atoms with Crippen molar-refractivity contribution in [3.63, 3.8) is 0 Å². The van der Waals surface area contributed by atoms with Gasteiger partial charge in [0.05, 0.1) is 0 Å². The fourth-order valence-corrected chi connectivity index (χ4v) is 1.98. The molecule has 0 spiro atoms. The number of amides is 1. The molecule has 2 rings (SSSR count). The molecule has 0 radical (unpaired) electrons. The summed E-state index contributed by atoms with van der Waals surface area (Å²) in [7, 11) is 4.08. The van der Waals surface area contributed by atoms with E-state index in [4.69, 9.17) is 4.74 Å². The number of hydrogen-bond donors (Lipinski definition) is 0. The van der Waals surface area contributed by atoms with Gasteiger partial charge in [0, 0.05) is 19.1 Å². The first-order valence-electron chi connectivity index (χ1n) is 5.85. The van der Waals surface area contributed by atoms with Gasteiger partial charge in [-0.05, 0) is 32.6 Å². The highest BCUT2D eigenvalue weighted by atomic mass is 16.6. The van der Waals surface area contributed by atoms with Gasteiger partial charge >= 0.3 is 6.09 Å². The lowest BCUT2D eigenvalue weighted by atomic mass is 10.2. The van der Waals surface area contributed by atoms with Crippen LogP contribution in [-0.2, 0) is 0 Å². The molecule has 1 heterocycles. The van der Waals surface area contributed by atoms with E-state index in [1.165, 1.54) is 0 Å². The fourth-order valence-electron chi connectivity index (χ4n) is 1.98. The van der Waals surface area contributed by atoms with Gasteiger partial charge in [0.2, 0.25) is 0 Å². The number of benzene rings is 1. The lowest BCUT2D eigenvalue weighted by molar-refractivity contribution is 0.159. The van der Waals surface area contributed by atoms with Gasteiger partial charge in [-0.15, -0.1) is 0 Å². The topological polar surface area (TPSA) is 32.8 Å². The van der Waals surface area contributed by atoms with Gasteiger partial charge in [-0.1, -0.05) is 18.2 Å². The van der Waals surface area contributed by atoms with Gasteiger partial charge in [0.15, 0.2) is 0 Å². The van der Waals surface area contributed by atoms with Gasteiger partial charge in [0.1, 0.15) is 5.75 Å². The van der Waals surface area contributed by atoms with E-state index in [0.29, 0.717) is 11.8 Å². The minimum atomic E-state index is -0.249. The van der Waals surface area contributed by atoms with Gasteiger partial charge in [-0.3, -0.25) is 0 Å². The monoisotopic (exact) mass is 234 g/mol. The second-order valence-corrected chi connectivity index (χ2v) is 4.53. The van der Waals surface area contributed by atoms with E-state index >= 15 is 0 Å². The minimum absolute atomic E-state index is 0.249. The third-order valence-corrected chi connectivity index (χ3v) is 3.10. The number of nitrogens with zero attached hydrogens (tertiary/aromatic N) is 2. The van der Waals surface area contributed by atoms with Crippen molar-refractivity contribution in [2.24, 2.45) is 0 Å². The molecule has 17 heavy (non-hydrogen) atoms. The number of ether oxygens (including phenoxy) is 1. The summed E-state index contributed by atoms with van der Waals surface area (Å²) in [5.41, 5.74) is 0. The summed E-state index contributed by atoms with van der Waals surface area (Å²) in [5.74, 6) is 0.603. The van der Waals surface area contributed by atoms with Crippen LogP contribution in [0.5, 0.6) is 5.75 Å². The van der Waals surface area contributed by atoms with Crippen LogP contribution in [0.1, 0.15) is 6.42 Å². The van der Waals surface area contributed by atoms with Crippen molar-refractivity contribution in [3.05, 3.63) is 30.3 Å². The van der Waals surface area contributed by atoms with Crippen LogP contribution in [0.2, 0.25) is 0 Å². The van der Waals surface area contributed by atoms with E-state index in [2.05, 4.69) is 4.90 Å². The largest absolute Gasteiger partial charge is 0.415 e. The molecule has 1 aliphatic heterocycles. The van der Waals surface area contributed by atoms with Crippen LogP contribution in [-0.4, -0.2) is 49.1 Å². The van der Waals surface area contributed by atoms with Gasteiger partial charge in [-0.2, -0.15) is 0 Å². The number of likely N-dealkylation sites (tertiary alicyclic amines) is 1. The Morgan fingerprint density at radius 3 is 2.65 bits per heavy atom. The zero-order valence-electron chi connectivity index (χ0n) is 10.3. The Kier molecular flexibility index (Phi) is 3.64. The van der Waals surface area contributed by atoms with Crippen molar-refractivity contribution in [2.75, 3.05) is 27.2 Å². The van der Waals surface area contributed by atoms with Crippen LogP contribution in [0, 0.1) is 0 Å². The Labute approximate surface area is 102 Å². The molecule has 0 aromatic heterocycles. The average molecular weight is 234 g/mol. The Hall–Kier alpha value is -1.55. The predicted octanol–water partition coefficient (Wildman–Crippen LogP) is 1.82. The number of para-hydroxylation sites is 1. The fraction of sp³-hybridized carbons (Fsp3) is 0.462. The summed E-state index contributed by atoms with van der Waals surface area (Å²) in [6.45, 7) is 1.52. The number of rotatable bonds is 2. The molecule has 1 aliphatic rings. The summed E-state index contributed by atoms with van der Waals surface area (Å²) in [6, 6.07) is 9.63. The number of carbonyl (C=O) groups excluding carboxylic acids is 1. The van der Waals surface area contributed by atoms with E-state index in [1.54, 1.807) is 17.0 Å². The molecule has 1 aromatic carbocycles.